The van der Waals surface area contributed by atoms with Crippen molar-refractivity contribution in [3.8, 4) is 5.75 Å². The van der Waals surface area contributed by atoms with Gasteiger partial charge in [-0.05, 0) is 43.0 Å². The Bertz CT molecular complexity index is 865. The second kappa shape index (κ2) is 15.7. The van der Waals surface area contributed by atoms with E-state index >= 15 is 0 Å². The lowest BCUT2D eigenvalue weighted by molar-refractivity contribution is -0.143. The number of phenols is 1. The maximum Gasteiger partial charge on any atom is 0.328 e. The van der Waals surface area contributed by atoms with Gasteiger partial charge in [0.05, 0.1) is 12.6 Å². The lowest BCUT2D eigenvalue weighted by atomic mass is 9.96. The molecule has 0 radical (unpaired) electrons. The zero-order valence-electron chi connectivity index (χ0n) is 20.8. The molecule has 10 N–H and O–H groups in total. The van der Waals surface area contributed by atoms with Gasteiger partial charge in [-0.2, -0.15) is 0 Å². The molecule has 0 heterocycles. The summed E-state index contributed by atoms with van der Waals surface area (Å²) in [5.74, 6) is -3.69. The molecule has 0 bridgehead atoms. The molecule has 12 nitrogen and oxygen atoms in total. The number of hydrogen-bond donors (Lipinski definition) is 8. The number of phenolic OH excluding ortho intramolecular Hbond substituents is 1. The highest BCUT2D eigenvalue weighted by Gasteiger charge is 2.32. The van der Waals surface area contributed by atoms with Gasteiger partial charge in [-0.25, -0.2) is 4.79 Å². The third kappa shape index (κ3) is 10.2. The minimum absolute atomic E-state index is 0.0114. The Labute approximate surface area is 210 Å². The lowest BCUT2D eigenvalue weighted by Gasteiger charge is -2.28. The summed E-state index contributed by atoms with van der Waals surface area (Å²) >= 11 is 0. The summed E-state index contributed by atoms with van der Waals surface area (Å²) in [7, 11) is 0. The summed E-state index contributed by atoms with van der Waals surface area (Å²) in [5, 5.41) is 35.4. The third-order valence-corrected chi connectivity index (χ3v) is 5.91. The molecule has 0 saturated carbocycles. The summed E-state index contributed by atoms with van der Waals surface area (Å²) in [5.41, 5.74) is 12.0. The average Bonchev–Trinajstić information content (AvgIpc) is 2.85. The van der Waals surface area contributed by atoms with E-state index in [2.05, 4.69) is 16.0 Å². The van der Waals surface area contributed by atoms with E-state index in [-0.39, 0.29) is 18.1 Å². The topological polar surface area (TPSA) is 217 Å². The van der Waals surface area contributed by atoms with E-state index < -0.39 is 54.5 Å². The van der Waals surface area contributed by atoms with Crippen LogP contribution in [0.15, 0.2) is 24.3 Å². The van der Waals surface area contributed by atoms with Crippen LogP contribution in [0.2, 0.25) is 0 Å². The Morgan fingerprint density at radius 3 is 2.08 bits per heavy atom. The molecule has 0 aromatic heterocycles. The molecular formula is C24H39N5O7. The van der Waals surface area contributed by atoms with Crippen molar-refractivity contribution in [2.75, 3.05) is 13.2 Å². The largest absolute Gasteiger partial charge is 0.508 e. The Morgan fingerprint density at radius 1 is 0.944 bits per heavy atom. The summed E-state index contributed by atoms with van der Waals surface area (Å²) in [6.07, 6.45) is 2.29. The summed E-state index contributed by atoms with van der Waals surface area (Å²) in [6.45, 7) is 3.26. The van der Waals surface area contributed by atoms with Gasteiger partial charge in [-0.1, -0.05) is 38.8 Å². The van der Waals surface area contributed by atoms with Gasteiger partial charge in [0.15, 0.2) is 0 Å². The quantitative estimate of drug-likeness (QED) is 0.128. The van der Waals surface area contributed by atoms with Crippen molar-refractivity contribution in [3.63, 3.8) is 0 Å². The van der Waals surface area contributed by atoms with Gasteiger partial charge in [-0.15, -0.1) is 0 Å². The van der Waals surface area contributed by atoms with E-state index in [1.165, 1.54) is 12.1 Å². The van der Waals surface area contributed by atoms with Gasteiger partial charge in [0, 0.05) is 6.42 Å². The smallest absolute Gasteiger partial charge is 0.328 e. The Balaban J connectivity index is 3.08. The lowest BCUT2D eigenvalue weighted by Crippen LogP contribution is -2.59. The van der Waals surface area contributed by atoms with Crippen molar-refractivity contribution in [3.05, 3.63) is 29.8 Å². The van der Waals surface area contributed by atoms with Crippen LogP contribution in [0, 0.1) is 5.92 Å². The van der Waals surface area contributed by atoms with Crippen molar-refractivity contribution in [1.29, 1.82) is 0 Å². The molecule has 202 valence electrons. The van der Waals surface area contributed by atoms with Crippen molar-refractivity contribution < 1.29 is 34.5 Å². The summed E-state index contributed by atoms with van der Waals surface area (Å²) < 4.78 is 0. The van der Waals surface area contributed by atoms with Gasteiger partial charge in [-0.3, -0.25) is 14.4 Å². The second-order valence-electron chi connectivity index (χ2n) is 8.78. The fraction of sp³-hybridized carbons (Fsp3) is 0.583. The normalized spacial score (nSPS) is 15.1. The number of amides is 3. The van der Waals surface area contributed by atoms with Crippen molar-refractivity contribution in [2.24, 2.45) is 17.4 Å². The number of aliphatic hydroxyl groups excluding tert-OH is 1. The maximum absolute atomic E-state index is 13.2. The number of carbonyl (C=O) groups is 4. The molecule has 0 aliphatic rings. The molecule has 5 unspecified atom stereocenters. The molecule has 0 spiro atoms. The number of carboxylic acids is 1. The van der Waals surface area contributed by atoms with Crippen LogP contribution in [0.5, 0.6) is 5.75 Å². The number of rotatable bonds is 16. The molecule has 36 heavy (non-hydrogen) atoms. The van der Waals surface area contributed by atoms with E-state index in [1.807, 2.05) is 6.92 Å². The first-order chi connectivity index (χ1) is 17.0. The molecular weight excluding hydrogens is 470 g/mol. The average molecular weight is 510 g/mol. The SMILES string of the molecule is CCC(C)C(NC(=O)C(N)CCCCN)C(=O)NC(Cc1ccc(O)cc1)C(=O)NC(CO)C(=O)O. The number of aromatic hydroxyl groups is 1. The molecule has 3 amide bonds. The fourth-order valence-electron chi connectivity index (χ4n) is 3.40. The number of carbonyl (C=O) groups excluding carboxylic acids is 3. The first-order valence-corrected chi connectivity index (χ1v) is 12.0. The van der Waals surface area contributed by atoms with Gasteiger partial charge in [0.1, 0.15) is 23.9 Å². The van der Waals surface area contributed by atoms with Crippen LogP contribution >= 0.6 is 0 Å². The number of hydrogen-bond acceptors (Lipinski definition) is 8. The van der Waals surface area contributed by atoms with E-state index in [0.29, 0.717) is 31.4 Å². The molecule has 1 aromatic carbocycles. The predicted octanol–water partition coefficient (Wildman–Crippen LogP) is -1.03. The first-order valence-electron chi connectivity index (χ1n) is 12.0. The van der Waals surface area contributed by atoms with Crippen LogP contribution in [-0.4, -0.2) is 76.3 Å². The van der Waals surface area contributed by atoms with E-state index in [1.54, 1.807) is 19.1 Å². The third-order valence-electron chi connectivity index (χ3n) is 5.91. The molecule has 0 aliphatic carbocycles. The number of benzene rings is 1. The Kier molecular flexibility index (Phi) is 13.4. The van der Waals surface area contributed by atoms with Crippen LogP contribution in [0.3, 0.4) is 0 Å². The number of nitrogens with two attached hydrogens (primary N) is 2. The maximum atomic E-state index is 13.2. The highest BCUT2D eigenvalue weighted by Crippen LogP contribution is 2.13. The van der Waals surface area contributed by atoms with Crippen LogP contribution < -0.4 is 27.4 Å². The number of carboxylic acid groups (broad SMARTS) is 1. The van der Waals surface area contributed by atoms with Gasteiger partial charge in [0.25, 0.3) is 0 Å². The van der Waals surface area contributed by atoms with Crippen LogP contribution in [0.4, 0.5) is 0 Å². The Hall–Kier alpha value is -3.22. The van der Waals surface area contributed by atoms with E-state index in [0.717, 1.165) is 6.42 Å². The van der Waals surface area contributed by atoms with Crippen molar-refractivity contribution in [2.45, 2.75) is 70.1 Å². The first kappa shape index (κ1) is 30.8. The van der Waals surface area contributed by atoms with Gasteiger partial charge < -0.3 is 42.7 Å². The van der Waals surface area contributed by atoms with Crippen LogP contribution in [0.1, 0.15) is 45.1 Å². The standard InChI is InChI=1S/C24H39N5O7/c1-3-14(2)20(29-21(32)17(26)6-4-5-11-25)23(34)27-18(12-15-7-9-16(31)10-8-15)22(33)28-19(13-30)24(35)36/h7-10,14,17-20,30-31H,3-6,11-13,25-26H2,1-2H3,(H,27,34)(H,28,33)(H,29,32)(H,35,36). The molecule has 0 saturated heterocycles. The zero-order chi connectivity index (χ0) is 27.3. The summed E-state index contributed by atoms with van der Waals surface area (Å²) in [4.78, 5) is 50.0. The number of nitrogens with one attached hydrogen (secondary N) is 3. The molecule has 12 heteroatoms. The van der Waals surface area contributed by atoms with Crippen LogP contribution in [-0.2, 0) is 25.6 Å². The van der Waals surface area contributed by atoms with E-state index in [4.69, 9.17) is 11.5 Å². The minimum atomic E-state index is -1.56. The van der Waals surface area contributed by atoms with Crippen LogP contribution in [0.25, 0.3) is 0 Å². The number of aliphatic hydroxyl groups is 1. The number of aliphatic carboxylic acids is 1. The van der Waals surface area contributed by atoms with Crippen molar-refractivity contribution >= 4 is 23.7 Å². The zero-order valence-corrected chi connectivity index (χ0v) is 20.8. The predicted molar refractivity (Wildman–Crippen MR) is 133 cm³/mol. The highest BCUT2D eigenvalue weighted by molar-refractivity contribution is 5.94. The fourth-order valence-corrected chi connectivity index (χ4v) is 3.40. The minimum Gasteiger partial charge on any atom is -0.508 e. The Morgan fingerprint density at radius 2 is 1.56 bits per heavy atom. The molecule has 1 rings (SSSR count). The van der Waals surface area contributed by atoms with Gasteiger partial charge >= 0.3 is 5.97 Å². The van der Waals surface area contributed by atoms with Gasteiger partial charge in [0.2, 0.25) is 17.7 Å². The molecule has 0 aliphatic heterocycles. The van der Waals surface area contributed by atoms with E-state index in [9.17, 15) is 34.5 Å². The molecule has 0 fully saturated rings. The highest BCUT2D eigenvalue weighted by atomic mass is 16.4. The van der Waals surface area contributed by atoms with Crippen molar-refractivity contribution in [1.82, 2.24) is 16.0 Å². The second-order valence-corrected chi connectivity index (χ2v) is 8.78. The number of unbranched alkanes of at least 4 members (excludes halogenated alkanes) is 1. The molecule has 5 atom stereocenters. The summed E-state index contributed by atoms with van der Waals surface area (Å²) in [6, 6.07) is 1.32. The monoisotopic (exact) mass is 509 g/mol. The molecule has 1 aromatic rings.